The lowest BCUT2D eigenvalue weighted by atomic mass is 10.1. The molecular weight excluding hydrogens is 198 g/mol. The van der Waals surface area contributed by atoms with Crippen molar-refractivity contribution in [2.24, 2.45) is 11.3 Å². The molecule has 1 fully saturated rings. The molecule has 1 atom stereocenters. The highest BCUT2D eigenvalue weighted by atomic mass is 15.3. The molecule has 0 saturated heterocycles. The molecular formula is C13H23N3. The van der Waals surface area contributed by atoms with Crippen LogP contribution in [0.15, 0.2) is 12.3 Å². The van der Waals surface area contributed by atoms with E-state index in [1.807, 2.05) is 4.68 Å². The van der Waals surface area contributed by atoms with Crippen molar-refractivity contribution in [3.8, 4) is 0 Å². The van der Waals surface area contributed by atoms with Gasteiger partial charge in [0.2, 0.25) is 0 Å². The molecule has 1 N–H and O–H groups in total. The molecule has 16 heavy (non-hydrogen) atoms. The maximum Gasteiger partial charge on any atom is 0.0762 e. The lowest BCUT2D eigenvalue weighted by molar-refractivity contribution is 0.503. The van der Waals surface area contributed by atoms with E-state index in [1.54, 1.807) is 0 Å². The molecule has 0 aromatic carbocycles. The molecule has 3 heteroatoms. The Bertz CT molecular complexity index is 352. The first kappa shape index (κ1) is 11.6. The normalized spacial score (nSPS) is 22.7. The molecule has 2 rings (SSSR count). The lowest BCUT2D eigenvalue weighted by Crippen LogP contribution is -2.18. The van der Waals surface area contributed by atoms with E-state index in [2.05, 4.69) is 50.4 Å². The minimum Gasteiger partial charge on any atom is -0.311 e. The maximum atomic E-state index is 4.52. The summed E-state index contributed by atoms with van der Waals surface area (Å²) in [5.41, 5.74) is 1.72. The Hall–Kier alpha value is -0.830. The van der Waals surface area contributed by atoms with E-state index in [0.29, 0.717) is 11.5 Å². The molecule has 3 nitrogen and oxygen atoms in total. The number of hydrogen-bond donors (Lipinski definition) is 1. The molecule has 1 saturated carbocycles. The van der Waals surface area contributed by atoms with Gasteiger partial charge < -0.3 is 5.32 Å². The molecule has 0 radical (unpaired) electrons. The van der Waals surface area contributed by atoms with Crippen molar-refractivity contribution in [1.29, 1.82) is 0 Å². The van der Waals surface area contributed by atoms with Crippen LogP contribution in [0.1, 0.15) is 45.9 Å². The van der Waals surface area contributed by atoms with Crippen LogP contribution in [-0.4, -0.2) is 16.3 Å². The third kappa shape index (κ3) is 2.64. The molecule has 0 spiro atoms. The van der Waals surface area contributed by atoms with Crippen LogP contribution in [-0.2, 0) is 6.54 Å². The fourth-order valence-electron chi connectivity index (χ4n) is 2.06. The first-order valence-corrected chi connectivity index (χ1v) is 6.24. The highest BCUT2D eigenvalue weighted by Crippen LogP contribution is 2.50. The third-order valence-electron chi connectivity index (χ3n) is 3.61. The first-order valence-electron chi connectivity index (χ1n) is 6.24. The molecule has 1 unspecified atom stereocenters. The Labute approximate surface area is 98.2 Å². The summed E-state index contributed by atoms with van der Waals surface area (Å²) in [6.45, 7) is 11.0. The number of nitrogens with zero attached hydrogens (tertiary/aromatic N) is 2. The van der Waals surface area contributed by atoms with Gasteiger partial charge in [0.25, 0.3) is 0 Å². The second-order valence-electron chi connectivity index (χ2n) is 5.90. The second-order valence-corrected chi connectivity index (χ2v) is 5.90. The summed E-state index contributed by atoms with van der Waals surface area (Å²) in [5.74, 6) is 0.861. The van der Waals surface area contributed by atoms with Crippen LogP contribution in [0.3, 0.4) is 0 Å². The van der Waals surface area contributed by atoms with Gasteiger partial charge in [-0.2, -0.15) is 5.10 Å². The van der Waals surface area contributed by atoms with Gasteiger partial charge in [0.15, 0.2) is 0 Å². The summed E-state index contributed by atoms with van der Waals surface area (Å²) < 4.78 is 2.01. The standard InChI is InChI=1S/C13H23N3/c1-10(2)16-6-5-12(15-16)9-14-8-11-7-13(11,3)4/h5-6,10-11,14H,7-9H2,1-4H3. The van der Waals surface area contributed by atoms with Gasteiger partial charge in [0.1, 0.15) is 0 Å². The topological polar surface area (TPSA) is 29.9 Å². The second kappa shape index (κ2) is 4.21. The summed E-state index contributed by atoms with van der Waals surface area (Å²) in [5, 5.41) is 8.01. The van der Waals surface area contributed by atoms with Crippen molar-refractivity contribution in [2.45, 2.75) is 46.7 Å². The number of aromatic nitrogens is 2. The van der Waals surface area contributed by atoms with Crippen LogP contribution in [0.2, 0.25) is 0 Å². The van der Waals surface area contributed by atoms with E-state index in [1.165, 1.54) is 6.42 Å². The summed E-state index contributed by atoms with van der Waals surface area (Å²) in [4.78, 5) is 0. The molecule has 1 aromatic heterocycles. The molecule has 1 heterocycles. The number of rotatable bonds is 5. The molecule has 0 aliphatic heterocycles. The monoisotopic (exact) mass is 221 g/mol. The predicted octanol–water partition coefficient (Wildman–Crippen LogP) is 2.60. The summed E-state index contributed by atoms with van der Waals surface area (Å²) >= 11 is 0. The predicted molar refractivity (Wildman–Crippen MR) is 66.2 cm³/mol. The SMILES string of the molecule is CC(C)n1ccc(CNCC2CC2(C)C)n1. The van der Waals surface area contributed by atoms with E-state index < -0.39 is 0 Å². The van der Waals surface area contributed by atoms with Crippen molar-refractivity contribution < 1.29 is 0 Å². The Kier molecular flexibility index (Phi) is 3.06. The van der Waals surface area contributed by atoms with Crippen LogP contribution in [0.25, 0.3) is 0 Å². The van der Waals surface area contributed by atoms with E-state index in [9.17, 15) is 0 Å². The molecule has 0 amide bonds. The van der Waals surface area contributed by atoms with Gasteiger partial charge in [-0.1, -0.05) is 13.8 Å². The van der Waals surface area contributed by atoms with Crippen molar-refractivity contribution in [3.63, 3.8) is 0 Å². The van der Waals surface area contributed by atoms with E-state index in [-0.39, 0.29) is 0 Å². The van der Waals surface area contributed by atoms with Crippen LogP contribution >= 0.6 is 0 Å². The van der Waals surface area contributed by atoms with Crippen LogP contribution in [0.5, 0.6) is 0 Å². The van der Waals surface area contributed by atoms with Gasteiger partial charge in [-0.25, -0.2) is 0 Å². The van der Waals surface area contributed by atoms with Gasteiger partial charge in [-0.3, -0.25) is 4.68 Å². The molecule has 90 valence electrons. The average molecular weight is 221 g/mol. The van der Waals surface area contributed by atoms with Crippen LogP contribution in [0, 0.1) is 11.3 Å². The van der Waals surface area contributed by atoms with Gasteiger partial charge >= 0.3 is 0 Å². The van der Waals surface area contributed by atoms with Crippen LogP contribution in [0.4, 0.5) is 0 Å². The fourth-order valence-corrected chi connectivity index (χ4v) is 2.06. The van der Waals surface area contributed by atoms with Crippen molar-refractivity contribution >= 4 is 0 Å². The first-order chi connectivity index (χ1) is 7.49. The minimum absolute atomic E-state index is 0.455. The number of hydrogen-bond acceptors (Lipinski definition) is 2. The lowest BCUT2D eigenvalue weighted by Gasteiger charge is -2.05. The van der Waals surface area contributed by atoms with E-state index >= 15 is 0 Å². The van der Waals surface area contributed by atoms with E-state index in [4.69, 9.17) is 0 Å². The van der Waals surface area contributed by atoms with Crippen molar-refractivity contribution in [1.82, 2.24) is 15.1 Å². The molecule has 1 aliphatic rings. The third-order valence-corrected chi connectivity index (χ3v) is 3.61. The van der Waals surface area contributed by atoms with Gasteiger partial charge in [0, 0.05) is 18.8 Å². The zero-order chi connectivity index (χ0) is 11.8. The highest BCUT2D eigenvalue weighted by Gasteiger charge is 2.44. The quantitative estimate of drug-likeness (QED) is 0.828. The fraction of sp³-hybridized carbons (Fsp3) is 0.769. The summed E-state index contributed by atoms with van der Waals surface area (Å²) in [6.07, 6.45) is 3.42. The smallest absolute Gasteiger partial charge is 0.0762 e. The Morgan fingerprint density at radius 3 is 2.75 bits per heavy atom. The largest absolute Gasteiger partial charge is 0.311 e. The zero-order valence-electron chi connectivity index (χ0n) is 10.8. The Morgan fingerprint density at radius 1 is 1.56 bits per heavy atom. The van der Waals surface area contributed by atoms with Crippen molar-refractivity contribution in [3.05, 3.63) is 18.0 Å². The van der Waals surface area contributed by atoms with E-state index in [0.717, 1.165) is 24.7 Å². The highest BCUT2D eigenvalue weighted by molar-refractivity contribution is 5.00. The summed E-state index contributed by atoms with van der Waals surface area (Å²) in [6, 6.07) is 2.56. The van der Waals surface area contributed by atoms with Crippen LogP contribution < -0.4 is 5.32 Å². The van der Waals surface area contributed by atoms with Gasteiger partial charge in [-0.15, -0.1) is 0 Å². The summed E-state index contributed by atoms with van der Waals surface area (Å²) in [7, 11) is 0. The Morgan fingerprint density at radius 2 is 2.25 bits per heavy atom. The Balaban J connectivity index is 1.73. The molecule has 1 aromatic rings. The number of nitrogens with one attached hydrogen (secondary N) is 1. The van der Waals surface area contributed by atoms with Crippen molar-refractivity contribution in [2.75, 3.05) is 6.54 Å². The molecule has 0 bridgehead atoms. The van der Waals surface area contributed by atoms with Gasteiger partial charge in [0.05, 0.1) is 5.69 Å². The maximum absolute atomic E-state index is 4.52. The minimum atomic E-state index is 0.455. The zero-order valence-corrected chi connectivity index (χ0v) is 10.8. The van der Waals surface area contributed by atoms with Gasteiger partial charge in [-0.05, 0) is 44.2 Å². The average Bonchev–Trinajstić information content (AvgIpc) is 2.65. The molecule has 1 aliphatic carbocycles.